The van der Waals surface area contributed by atoms with Crippen LogP contribution in [-0.4, -0.2) is 24.5 Å². The van der Waals surface area contributed by atoms with Crippen molar-refractivity contribution in [3.8, 4) is 0 Å². The Kier molecular flexibility index (Phi) is 4.62. The molecule has 0 unspecified atom stereocenters. The predicted octanol–water partition coefficient (Wildman–Crippen LogP) is 2.44. The van der Waals surface area contributed by atoms with Gasteiger partial charge in [-0.3, -0.25) is 4.79 Å². The molecular formula is C13H13F2N3OS. The number of hydrogen-bond acceptors (Lipinski definition) is 4. The lowest BCUT2D eigenvalue weighted by Gasteiger charge is -2.04. The van der Waals surface area contributed by atoms with Gasteiger partial charge in [-0.2, -0.15) is 0 Å². The van der Waals surface area contributed by atoms with E-state index in [1.165, 1.54) is 17.4 Å². The highest BCUT2D eigenvalue weighted by Gasteiger charge is 2.09. The largest absolute Gasteiger partial charge is 0.365 e. The van der Waals surface area contributed by atoms with E-state index in [9.17, 15) is 13.6 Å². The van der Waals surface area contributed by atoms with Crippen molar-refractivity contribution in [2.45, 2.75) is 6.42 Å². The standard InChI is InChI=1S/C13H13F2N3OS/c1-16-13-18-9(7-20-13)4-5-17-12(19)8-2-3-10(14)11(15)6-8/h2-3,6-7H,4-5H2,1H3,(H,16,18)(H,17,19). The molecule has 0 aliphatic carbocycles. The fourth-order valence-electron chi connectivity index (χ4n) is 1.58. The van der Waals surface area contributed by atoms with Crippen molar-refractivity contribution in [3.05, 3.63) is 46.5 Å². The quantitative estimate of drug-likeness (QED) is 0.891. The van der Waals surface area contributed by atoms with E-state index in [1.807, 2.05) is 5.38 Å². The van der Waals surface area contributed by atoms with Crippen LogP contribution < -0.4 is 10.6 Å². The normalized spacial score (nSPS) is 10.3. The van der Waals surface area contributed by atoms with Crippen LogP contribution in [0.5, 0.6) is 0 Å². The predicted molar refractivity (Wildman–Crippen MR) is 74.1 cm³/mol. The summed E-state index contributed by atoms with van der Waals surface area (Å²) in [4.78, 5) is 16.0. The zero-order valence-electron chi connectivity index (χ0n) is 10.7. The minimum absolute atomic E-state index is 0.0955. The minimum atomic E-state index is -1.03. The molecule has 4 nitrogen and oxygen atoms in total. The fraction of sp³-hybridized carbons (Fsp3) is 0.231. The molecule has 0 spiro atoms. The first-order valence-corrected chi connectivity index (χ1v) is 6.83. The number of carbonyl (C=O) groups excluding carboxylic acids is 1. The summed E-state index contributed by atoms with van der Waals surface area (Å²) in [6, 6.07) is 3.06. The van der Waals surface area contributed by atoms with Gasteiger partial charge in [0.1, 0.15) is 0 Å². The summed E-state index contributed by atoms with van der Waals surface area (Å²) in [6.45, 7) is 0.380. The third-order valence-electron chi connectivity index (χ3n) is 2.61. The van der Waals surface area contributed by atoms with Crippen LogP contribution in [0.25, 0.3) is 0 Å². The average molecular weight is 297 g/mol. The second kappa shape index (κ2) is 6.42. The zero-order valence-corrected chi connectivity index (χ0v) is 11.6. The number of hydrogen-bond donors (Lipinski definition) is 2. The van der Waals surface area contributed by atoms with Gasteiger partial charge in [0, 0.05) is 31.0 Å². The number of carbonyl (C=O) groups is 1. The molecule has 2 rings (SSSR count). The Morgan fingerprint density at radius 1 is 1.35 bits per heavy atom. The van der Waals surface area contributed by atoms with Crippen molar-refractivity contribution < 1.29 is 13.6 Å². The SMILES string of the molecule is CNc1nc(CCNC(=O)c2ccc(F)c(F)c2)cs1. The summed E-state index contributed by atoms with van der Waals surface area (Å²) in [5, 5.41) is 8.27. The molecule has 2 N–H and O–H groups in total. The summed E-state index contributed by atoms with van der Waals surface area (Å²) in [5.41, 5.74) is 0.961. The van der Waals surface area contributed by atoms with Gasteiger partial charge >= 0.3 is 0 Å². The Bertz CT molecular complexity index is 615. The van der Waals surface area contributed by atoms with Crippen molar-refractivity contribution in [2.24, 2.45) is 0 Å². The number of anilines is 1. The van der Waals surface area contributed by atoms with Crippen LogP contribution in [0.3, 0.4) is 0 Å². The summed E-state index contributed by atoms with van der Waals surface area (Å²) in [7, 11) is 1.79. The number of halogens is 2. The van der Waals surface area contributed by atoms with E-state index < -0.39 is 17.5 Å². The van der Waals surface area contributed by atoms with Gasteiger partial charge in [0.25, 0.3) is 5.91 Å². The van der Waals surface area contributed by atoms with Gasteiger partial charge in [-0.25, -0.2) is 13.8 Å². The smallest absolute Gasteiger partial charge is 0.251 e. The first-order valence-electron chi connectivity index (χ1n) is 5.95. The molecule has 1 amide bonds. The average Bonchev–Trinajstić information content (AvgIpc) is 2.89. The van der Waals surface area contributed by atoms with Gasteiger partial charge in [0.05, 0.1) is 5.69 Å². The third kappa shape index (κ3) is 3.51. The molecule has 0 saturated carbocycles. The van der Waals surface area contributed by atoms with Crippen LogP contribution in [0.1, 0.15) is 16.1 Å². The van der Waals surface area contributed by atoms with E-state index in [-0.39, 0.29) is 5.56 Å². The Morgan fingerprint density at radius 2 is 2.15 bits per heavy atom. The van der Waals surface area contributed by atoms with Gasteiger partial charge in [-0.05, 0) is 18.2 Å². The molecule has 1 aromatic carbocycles. The van der Waals surface area contributed by atoms with Gasteiger partial charge < -0.3 is 10.6 Å². The van der Waals surface area contributed by atoms with E-state index in [0.29, 0.717) is 13.0 Å². The van der Waals surface area contributed by atoms with Crippen molar-refractivity contribution in [1.29, 1.82) is 0 Å². The number of benzene rings is 1. The molecule has 0 aliphatic heterocycles. The second-order valence-corrected chi connectivity index (χ2v) is 4.89. The second-order valence-electron chi connectivity index (χ2n) is 4.03. The monoisotopic (exact) mass is 297 g/mol. The van der Waals surface area contributed by atoms with Crippen molar-refractivity contribution in [3.63, 3.8) is 0 Å². The van der Waals surface area contributed by atoms with E-state index in [2.05, 4.69) is 15.6 Å². The topological polar surface area (TPSA) is 54.0 Å². The van der Waals surface area contributed by atoms with Gasteiger partial charge in [0.2, 0.25) is 0 Å². The summed E-state index contributed by atoms with van der Waals surface area (Å²) >= 11 is 1.48. The number of amides is 1. The van der Waals surface area contributed by atoms with Crippen LogP contribution in [0, 0.1) is 11.6 Å². The van der Waals surface area contributed by atoms with Crippen LogP contribution >= 0.6 is 11.3 Å². The molecule has 0 radical (unpaired) electrons. The highest BCUT2D eigenvalue weighted by Crippen LogP contribution is 2.14. The number of nitrogens with zero attached hydrogens (tertiary/aromatic N) is 1. The van der Waals surface area contributed by atoms with Crippen LogP contribution in [0.15, 0.2) is 23.6 Å². The molecule has 106 valence electrons. The molecule has 1 heterocycles. The summed E-state index contributed by atoms with van der Waals surface area (Å²) < 4.78 is 25.7. The lowest BCUT2D eigenvalue weighted by atomic mass is 10.2. The first-order chi connectivity index (χ1) is 9.60. The van der Waals surface area contributed by atoms with Crippen molar-refractivity contribution >= 4 is 22.4 Å². The van der Waals surface area contributed by atoms with Gasteiger partial charge in [0.15, 0.2) is 16.8 Å². The first kappa shape index (κ1) is 14.4. The maximum absolute atomic E-state index is 13.0. The zero-order chi connectivity index (χ0) is 14.5. The molecule has 0 bridgehead atoms. The van der Waals surface area contributed by atoms with Crippen molar-refractivity contribution in [2.75, 3.05) is 18.9 Å². The molecule has 2 aromatic rings. The third-order valence-corrected chi connectivity index (χ3v) is 3.52. The van der Waals surface area contributed by atoms with E-state index in [0.717, 1.165) is 23.0 Å². The van der Waals surface area contributed by atoms with Crippen LogP contribution in [-0.2, 0) is 6.42 Å². The lowest BCUT2D eigenvalue weighted by Crippen LogP contribution is -2.25. The van der Waals surface area contributed by atoms with Crippen molar-refractivity contribution in [1.82, 2.24) is 10.3 Å². The van der Waals surface area contributed by atoms with Crippen LogP contribution in [0.2, 0.25) is 0 Å². The number of thiazole rings is 1. The molecule has 20 heavy (non-hydrogen) atoms. The molecule has 0 saturated heterocycles. The Balaban J connectivity index is 1.87. The highest BCUT2D eigenvalue weighted by atomic mass is 32.1. The number of nitrogens with one attached hydrogen (secondary N) is 2. The highest BCUT2D eigenvalue weighted by molar-refractivity contribution is 7.13. The number of aromatic nitrogens is 1. The Morgan fingerprint density at radius 3 is 2.80 bits per heavy atom. The van der Waals surface area contributed by atoms with Gasteiger partial charge in [-0.1, -0.05) is 0 Å². The maximum Gasteiger partial charge on any atom is 0.251 e. The molecule has 1 aromatic heterocycles. The fourth-order valence-corrected chi connectivity index (χ4v) is 2.29. The molecule has 0 aliphatic rings. The van der Waals surface area contributed by atoms with E-state index in [4.69, 9.17) is 0 Å². The number of rotatable bonds is 5. The molecule has 0 fully saturated rings. The molecular weight excluding hydrogens is 284 g/mol. The molecule has 7 heteroatoms. The minimum Gasteiger partial charge on any atom is -0.365 e. The van der Waals surface area contributed by atoms with E-state index >= 15 is 0 Å². The lowest BCUT2D eigenvalue weighted by molar-refractivity contribution is 0.0953. The summed E-state index contributed by atoms with van der Waals surface area (Å²) in [5.74, 6) is -2.44. The Hall–Kier alpha value is -2.02. The molecule has 0 atom stereocenters. The summed E-state index contributed by atoms with van der Waals surface area (Å²) in [6.07, 6.45) is 0.577. The maximum atomic E-state index is 13.0. The van der Waals surface area contributed by atoms with Crippen LogP contribution in [0.4, 0.5) is 13.9 Å². The Labute approximate surface area is 118 Å². The van der Waals surface area contributed by atoms with Gasteiger partial charge in [-0.15, -0.1) is 11.3 Å². The van der Waals surface area contributed by atoms with E-state index in [1.54, 1.807) is 7.05 Å².